The summed E-state index contributed by atoms with van der Waals surface area (Å²) in [5.74, 6) is 4.86. The van der Waals surface area contributed by atoms with Gasteiger partial charge in [-0.05, 0) is 54.7 Å². The summed E-state index contributed by atoms with van der Waals surface area (Å²) in [6.45, 7) is 4.60. The van der Waals surface area contributed by atoms with Crippen LogP contribution in [0.5, 0.6) is 11.5 Å². The van der Waals surface area contributed by atoms with Gasteiger partial charge in [0.15, 0.2) is 0 Å². The molecule has 0 aromatic heterocycles. The van der Waals surface area contributed by atoms with E-state index in [4.69, 9.17) is 9.47 Å². The standard InChI is InChI=1S/C27H36O2S2/c1-3-4-5-6-7-8-9-10-19-29-26-17-13-23(14-18-26)27-30-20-24(21-31-27)22-11-15-25(28-2)16-12-22/h3,11-18,24,27H,1,4-10,19-21H2,2H3. The van der Waals surface area contributed by atoms with Crippen LogP contribution in [0.15, 0.2) is 61.2 Å². The van der Waals surface area contributed by atoms with Gasteiger partial charge in [-0.25, -0.2) is 0 Å². The first-order valence-electron chi connectivity index (χ1n) is 11.5. The molecule has 0 radical (unpaired) electrons. The molecule has 0 atom stereocenters. The number of hydrogen-bond acceptors (Lipinski definition) is 4. The summed E-state index contributed by atoms with van der Waals surface area (Å²) in [5, 5.41) is 0. The van der Waals surface area contributed by atoms with Gasteiger partial charge in [-0.15, -0.1) is 30.1 Å². The van der Waals surface area contributed by atoms with Crippen molar-refractivity contribution in [3.8, 4) is 11.5 Å². The highest BCUT2D eigenvalue weighted by molar-refractivity contribution is 8.17. The van der Waals surface area contributed by atoms with Crippen molar-refractivity contribution in [3.63, 3.8) is 0 Å². The van der Waals surface area contributed by atoms with Gasteiger partial charge in [-0.1, -0.05) is 56.0 Å². The molecular weight excluding hydrogens is 420 g/mol. The molecule has 0 bridgehead atoms. The van der Waals surface area contributed by atoms with Crippen molar-refractivity contribution in [1.29, 1.82) is 0 Å². The fourth-order valence-corrected chi connectivity index (χ4v) is 6.91. The molecule has 31 heavy (non-hydrogen) atoms. The molecule has 0 spiro atoms. The van der Waals surface area contributed by atoms with Crippen LogP contribution in [-0.2, 0) is 0 Å². The van der Waals surface area contributed by atoms with Gasteiger partial charge in [0, 0.05) is 17.4 Å². The van der Waals surface area contributed by atoms with Crippen LogP contribution in [0.2, 0.25) is 0 Å². The first-order valence-corrected chi connectivity index (χ1v) is 13.6. The number of benzene rings is 2. The molecule has 168 valence electrons. The highest BCUT2D eigenvalue weighted by atomic mass is 32.2. The maximum atomic E-state index is 5.95. The Hall–Kier alpha value is -1.52. The van der Waals surface area contributed by atoms with Crippen LogP contribution in [-0.4, -0.2) is 25.2 Å². The lowest BCUT2D eigenvalue weighted by atomic mass is 10.0. The van der Waals surface area contributed by atoms with Gasteiger partial charge >= 0.3 is 0 Å². The monoisotopic (exact) mass is 456 g/mol. The predicted molar refractivity (Wildman–Crippen MR) is 138 cm³/mol. The predicted octanol–water partition coefficient (Wildman–Crippen LogP) is 8.25. The van der Waals surface area contributed by atoms with Crippen molar-refractivity contribution in [2.75, 3.05) is 25.2 Å². The number of ether oxygens (including phenoxy) is 2. The Morgan fingerprint density at radius 1 is 0.806 bits per heavy atom. The second-order valence-corrected chi connectivity index (χ2v) is 10.7. The highest BCUT2D eigenvalue weighted by Crippen LogP contribution is 2.48. The summed E-state index contributed by atoms with van der Waals surface area (Å²) in [4.78, 5) is 0. The van der Waals surface area contributed by atoms with E-state index in [1.54, 1.807) is 7.11 Å². The van der Waals surface area contributed by atoms with E-state index in [1.807, 2.05) is 6.08 Å². The Balaban J connectivity index is 1.33. The summed E-state index contributed by atoms with van der Waals surface area (Å²) in [5.41, 5.74) is 2.81. The first-order chi connectivity index (χ1) is 15.3. The molecule has 1 heterocycles. The minimum absolute atomic E-state index is 0.518. The first kappa shape index (κ1) is 24.1. The summed E-state index contributed by atoms with van der Waals surface area (Å²) in [6, 6.07) is 17.3. The number of methoxy groups -OCH3 is 1. The second kappa shape index (κ2) is 13.8. The molecule has 0 saturated carbocycles. The van der Waals surface area contributed by atoms with Crippen LogP contribution in [0.3, 0.4) is 0 Å². The van der Waals surface area contributed by atoms with Gasteiger partial charge in [0.05, 0.1) is 18.3 Å². The smallest absolute Gasteiger partial charge is 0.119 e. The summed E-state index contributed by atoms with van der Waals surface area (Å²) < 4.78 is 11.7. The fourth-order valence-electron chi connectivity index (χ4n) is 3.77. The number of unbranched alkanes of at least 4 members (excludes halogenated alkanes) is 6. The van der Waals surface area contributed by atoms with Gasteiger partial charge in [-0.2, -0.15) is 0 Å². The van der Waals surface area contributed by atoms with Gasteiger partial charge in [0.1, 0.15) is 11.5 Å². The summed E-state index contributed by atoms with van der Waals surface area (Å²) in [7, 11) is 1.72. The molecule has 1 fully saturated rings. The number of rotatable bonds is 13. The second-order valence-electron chi connectivity index (χ2n) is 8.08. The van der Waals surface area contributed by atoms with E-state index in [0.29, 0.717) is 10.5 Å². The Kier molecular flexibility index (Phi) is 10.7. The van der Waals surface area contributed by atoms with Crippen LogP contribution in [0, 0.1) is 0 Å². The van der Waals surface area contributed by atoms with Crippen molar-refractivity contribution >= 4 is 23.5 Å². The quantitative estimate of drug-likeness (QED) is 0.223. The molecule has 0 unspecified atom stereocenters. The number of allylic oxidation sites excluding steroid dienone is 1. The Morgan fingerprint density at radius 3 is 2.03 bits per heavy atom. The average Bonchev–Trinajstić information content (AvgIpc) is 2.83. The topological polar surface area (TPSA) is 18.5 Å². The molecule has 4 heteroatoms. The molecule has 1 aliphatic rings. The van der Waals surface area contributed by atoms with Crippen LogP contribution < -0.4 is 9.47 Å². The molecule has 1 saturated heterocycles. The van der Waals surface area contributed by atoms with Crippen LogP contribution in [0.1, 0.15) is 66.6 Å². The van der Waals surface area contributed by atoms with Crippen molar-refractivity contribution in [2.45, 2.75) is 55.4 Å². The number of thioether (sulfide) groups is 2. The third-order valence-corrected chi connectivity index (χ3v) is 8.86. The third kappa shape index (κ3) is 8.16. The largest absolute Gasteiger partial charge is 0.497 e. The third-order valence-electron chi connectivity index (χ3n) is 5.71. The zero-order valence-electron chi connectivity index (χ0n) is 18.8. The molecule has 2 aromatic rings. The van der Waals surface area contributed by atoms with E-state index < -0.39 is 0 Å². The lowest BCUT2D eigenvalue weighted by Gasteiger charge is -2.28. The molecule has 0 aliphatic carbocycles. The van der Waals surface area contributed by atoms with Gasteiger partial charge in [-0.3, -0.25) is 0 Å². The Bertz CT molecular complexity index is 750. The van der Waals surface area contributed by atoms with Crippen LogP contribution >= 0.6 is 23.5 Å². The average molecular weight is 457 g/mol. The lowest BCUT2D eigenvalue weighted by molar-refractivity contribution is 0.304. The zero-order chi connectivity index (χ0) is 21.7. The highest BCUT2D eigenvalue weighted by Gasteiger charge is 2.24. The molecule has 0 N–H and O–H groups in total. The normalized spacial score (nSPS) is 18.5. The summed E-state index contributed by atoms with van der Waals surface area (Å²) in [6.07, 6.45) is 10.8. The maximum absolute atomic E-state index is 5.95. The van der Waals surface area contributed by atoms with Crippen LogP contribution in [0.4, 0.5) is 0 Å². The number of hydrogen-bond donors (Lipinski definition) is 0. The van der Waals surface area contributed by atoms with Gasteiger partial charge < -0.3 is 9.47 Å². The molecule has 2 aromatic carbocycles. The Morgan fingerprint density at radius 2 is 1.39 bits per heavy atom. The molecule has 1 aliphatic heterocycles. The fraction of sp³-hybridized carbons (Fsp3) is 0.481. The van der Waals surface area contributed by atoms with E-state index in [1.165, 1.54) is 43.2 Å². The van der Waals surface area contributed by atoms with Gasteiger partial charge in [0.25, 0.3) is 0 Å². The SMILES string of the molecule is C=CCCCCCCCCOc1ccc(C2SCC(c3ccc(OC)cc3)CS2)cc1. The van der Waals surface area contributed by atoms with E-state index in [-0.39, 0.29) is 0 Å². The van der Waals surface area contributed by atoms with E-state index in [0.717, 1.165) is 42.5 Å². The van der Waals surface area contributed by atoms with Gasteiger partial charge in [0.2, 0.25) is 0 Å². The van der Waals surface area contributed by atoms with Crippen molar-refractivity contribution in [2.24, 2.45) is 0 Å². The summed E-state index contributed by atoms with van der Waals surface area (Å²) >= 11 is 4.11. The van der Waals surface area contributed by atoms with E-state index >= 15 is 0 Å². The van der Waals surface area contributed by atoms with E-state index in [2.05, 4.69) is 78.6 Å². The molecule has 3 rings (SSSR count). The van der Waals surface area contributed by atoms with Crippen LogP contribution in [0.25, 0.3) is 0 Å². The Labute approximate surface area is 197 Å². The molecular formula is C27H36O2S2. The lowest BCUT2D eigenvalue weighted by Crippen LogP contribution is -2.12. The van der Waals surface area contributed by atoms with Crippen molar-refractivity contribution in [1.82, 2.24) is 0 Å². The molecule has 0 amide bonds. The van der Waals surface area contributed by atoms with E-state index in [9.17, 15) is 0 Å². The minimum atomic E-state index is 0.518. The van der Waals surface area contributed by atoms with Crippen molar-refractivity contribution in [3.05, 3.63) is 72.3 Å². The minimum Gasteiger partial charge on any atom is -0.497 e. The van der Waals surface area contributed by atoms with Crippen molar-refractivity contribution < 1.29 is 9.47 Å². The maximum Gasteiger partial charge on any atom is 0.119 e. The zero-order valence-corrected chi connectivity index (χ0v) is 20.4. The molecule has 2 nitrogen and oxygen atoms in total.